The van der Waals surface area contributed by atoms with Crippen molar-refractivity contribution in [3.05, 3.63) is 35.4 Å². The summed E-state index contributed by atoms with van der Waals surface area (Å²) in [7, 11) is -2.87. The van der Waals surface area contributed by atoms with Crippen molar-refractivity contribution >= 4 is 9.84 Å². The molecule has 0 radical (unpaired) electrons. The minimum atomic E-state index is -4.36. The number of hydrogen-bond donors (Lipinski definition) is 1. The SMILES string of the molecule is O=S1(=O)CC2(CCN(CC(O)Cc3ccc(C(F)(F)F)cc3)C2)C1. The minimum Gasteiger partial charge on any atom is -0.391 e. The molecule has 1 unspecified atom stereocenters. The summed E-state index contributed by atoms with van der Waals surface area (Å²) >= 11 is 0. The average molecular weight is 363 g/mol. The number of aliphatic hydroxyl groups excluding tert-OH is 1. The van der Waals surface area contributed by atoms with Crippen molar-refractivity contribution in [3.8, 4) is 0 Å². The maximum atomic E-state index is 12.5. The number of sulfone groups is 1. The van der Waals surface area contributed by atoms with Gasteiger partial charge in [-0.3, -0.25) is 0 Å². The molecule has 134 valence electrons. The second-order valence-corrected chi connectivity index (χ2v) is 9.13. The molecule has 0 amide bonds. The van der Waals surface area contributed by atoms with Crippen molar-refractivity contribution < 1.29 is 26.7 Å². The van der Waals surface area contributed by atoms with E-state index in [4.69, 9.17) is 0 Å². The third-order valence-electron chi connectivity index (χ3n) is 4.79. The molecule has 8 heteroatoms. The Labute approximate surface area is 139 Å². The molecule has 0 aromatic heterocycles. The van der Waals surface area contributed by atoms with Crippen LogP contribution in [0.15, 0.2) is 24.3 Å². The Morgan fingerprint density at radius 1 is 1.21 bits per heavy atom. The molecule has 24 heavy (non-hydrogen) atoms. The van der Waals surface area contributed by atoms with Gasteiger partial charge in [0.05, 0.1) is 23.2 Å². The maximum absolute atomic E-state index is 12.5. The van der Waals surface area contributed by atoms with Crippen LogP contribution >= 0.6 is 0 Å². The predicted molar refractivity (Wildman–Crippen MR) is 83.3 cm³/mol. The normalized spacial score (nSPS) is 24.0. The van der Waals surface area contributed by atoms with Gasteiger partial charge in [0.2, 0.25) is 0 Å². The van der Waals surface area contributed by atoms with E-state index in [2.05, 4.69) is 0 Å². The maximum Gasteiger partial charge on any atom is 0.416 e. The lowest BCUT2D eigenvalue weighted by atomic mass is 9.91. The van der Waals surface area contributed by atoms with Crippen LogP contribution in [0.2, 0.25) is 0 Å². The summed E-state index contributed by atoms with van der Waals surface area (Å²) in [4.78, 5) is 2.05. The number of benzene rings is 1. The summed E-state index contributed by atoms with van der Waals surface area (Å²) < 4.78 is 60.3. The number of β-amino-alcohol motifs (C(OH)–C–C–N with tert-alkyl or cyclic N) is 1. The van der Waals surface area contributed by atoms with E-state index in [0.29, 0.717) is 18.7 Å². The number of hydrogen-bond acceptors (Lipinski definition) is 4. The number of aliphatic hydroxyl groups is 1. The highest BCUT2D eigenvalue weighted by atomic mass is 32.2. The Hall–Kier alpha value is -1.12. The zero-order valence-corrected chi connectivity index (χ0v) is 13.9. The van der Waals surface area contributed by atoms with Gasteiger partial charge in [0, 0.05) is 18.5 Å². The molecule has 1 spiro atoms. The van der Waals surface area contributed by atoms with Crippen LogP contribution in [-0.4, -0.2) is 55.7 Å². The first-order valence-corrected chi connectivity index (χ1v) is 9.66. The summed E-state index contributed by atoms with van der Waals surface area (Å²) in [5, 5.41) is 10.2. The van der Waals surface area contributed by atoms with Crippen molar-refractivity contribution in [2.75, 3.05) is 31.1 Å². The van der Waals surface area contributed by atoms with E-state index >= 15 is 0 Å². The van der Waals surface area contributed by atoms with Gasteiger partial charge in [-0.05, 0) is 37.1 Å². The molecule has 2 fully saturated rings. The van der Waals surface area contributed by atoms with Gasteiger partial charge in [0.15, 0.2) is 9.84 Å². The quantitative estimate of drug-likeness (QED) is 0.885. The van der Waals surface area contributed by atoms with E-state index in [-0.39, 0.29) is 23.3 Å². The first-order valence-electron chi connectivity index (χ1n) is 7.84. The van der Waals surface area contributed by atoms with E-state index in [1.807, 2.05) is 4.90 Å². The van der Waals surface area contributed by atoms with Crippen molar-refractivity contribution in [2.24, 2.45) is 5.41 Å². The van der Waals surface area contributed by atoms with E-state index in [9.17, 15) is 26.7 Å². The van der Waals surface area contributed by atoms with Crippen molar-refractivity contribution in [1.29, 1.82) is 0 Å². The van der Waals surface area contributed by atoms with E-state index in [0.717, 1.165) is 25.1 Å². The summed E-state index contributed by atoms with van der Waals surface area (Å²) in [5.41, 5.74) is -0.198. The Kier molecular flexibility index (Phi) is 4.42. The number of halogens is 3. The smallest absolute Gasteiger partial charge is 0.391 e. The first kappa shape index (κ1) is 17.7. The summed E-state index contributed by atoms with van der Waals surface area (Å²) in [5.74, 6) is 0.455. The molecule has 1 aromatic rings. The summed E-state index contributed by atoms with van der Waals surface area (Å²) in [6.45, 7) is 1.82. The molecular weight excluding hydrogens is 343 g/mol. The van der Waals surface area contributed by atoms with Crippen LogP contribution in [0.25, 0.3) is 0 Å². The second-order valence-electron chi connectivity index (χ2n) is 7.07. The van der Waals surface area contributed by atoms with E-state index in [1.165, 1.54) is 12.1 Å². The van der Waals surface area contributed by atoms with Crippen LogP contribution in [-0.2, 0) is 22.4 Å². The standard InChI is InChI=1S/C16H20F3NO3S/c17-16(18,19)13-3-1-12(2-4-13)7-14(21)8-20-6-5-15(9-20)10-24(22,23)11-15/h1-4,14,21H,5-11H2. The second kappa shape index (κ2) is 6.00. The van der Waals surface area contributed by atoms with Gasteiger partial charge in [-0.2, -0.15) is 13.2 Å². The van der Waals surface area contributed by atoms with Gasteiger partial charge in [-0.15, -0.1) is 0 Å². The van der Waals surface area contributed by atoms with Gasteiger partial charge in [-0.25, -0.2) is 8.42 Å². The topological polar surface area (TPSA) is 57.6 Å². The fourth-order valence-corrected chi connectivity index (χ4v) is 6.03. The molecule has 0 bridgehead atoms. The molecule has 1 N–H and O–H groups in total. The molecule has 2 aliphatic rings. The average Bonchev–Trinajstić information content (AvgIpc) is 2.79. The minimum absolute atomic E-state index is 0.146. The Morgan fingerprint density at radius 3 is 2.38 bits per heavy atom. The molecule has 2 heterocycles. The predicted octanol–water partition coefficient (Wildman–Crippen LogP) is 1.73. The van der Waals surface area contributed by atoms with Crippen LogP contribution in [0.1, 0.15) is 17.5 Å². The lowest BCUT2D eigenvalue weighted by molar-refractivity contribution is -0.137. The summed E-state index contributed by atoms with van der Waals surface area (Å²) in [6, 6.07) is 4.81. The van der Waals surface area contributed by atoms with Gasteiger partial charge in [0.25, 0.3) is 0 Å². The van der Waals surface area contributed by atoms with Gasteiger partial charge in [0.1, 0.15) is 0 Å². The molecule has 1 atom stereocenters. The number of nitrogens with zero attached hydrogens (tertiary/aromatic N) is 1. The monoisotopic (exact) mass is 363 g/mol. The first-order chi connectivity index (χ1) is 11.1. The molecule has 3 rings (SSSR count). The highest BCUT2D eigenvalue weighted by molar-refractivity contribution is 7.92. The van der Waals surface area contributed by atoms with Crippen LogP contribution in [0, 0.1) is 5.41 Å². The number of rotatable bonds is 4. The zero-order valence-electron chi connectivity index (χ0n) is 13.1. The van der Waals surface area contributed by atoms with Gasteiger partial charge >= 0.3 is 6.18 Å². The largest absolute Gasteiger partial charge is 0.416 e. The van der Waals surface area contributed by atoms with Crippen LogP contribution in [0.5, 0.6) is 0 Å². The van der Waals surface area contributed by atoms with Crippen LogP contribution < -0.4 is 0 Å². The van der Waals surface area contributed by atoms with Crippen molar-refractivity contribution in [1.82, 2.24) is 4.90 Å². The molecule has 2 aliphatic heterocycles. The highest BCUT2D eigenvalue weighted by Crippen LogP contribution is 2.41. The number of alkyl halides is 3. The van der Waals surface area contributed by atoms with Gasteiger partial charge in [-0.1, -0.05) is 12.1 Å². The van der Waals surface area contributed by atoms with Crippen LogP contribution in [0.3, 0.4) is 0 Å². The molecule has 2 saturated heterocycles. The van der Waals surface area contributed by atoms with Crippen molar-refractivity contribution in [3.63, 3.8) is 0 Å². The van der Waals surface area contributed by atoms with E-state index in [1.54, 1.807) is 0 Å². The molecule has 4 nitrogen and oxygen atoms in total. The summed E-state index contributed by atoms with van der Waals surface area (Å²) in [6.07, 6.45) is -3.95. The Morgan fingerprint density at radius 2 is 1.83 bits per heavy atom. The van der Waals surface area contributed by atoms with Gasteiger partial charge < -0.3 is 10.0 Å². The fraction of sp³-hybridized carbons (Fsp3) is 0.625. The lowest BCUT2D eigenvalue weighted by Crippen LogP contribution is -2.50. The fourth-order valence-electron chi connectivity index (χ4n) is 3.77. The number of likely N-dealkylation sites (tertiary alicyclic amines) is 1. The molecule has 0 saturated carbocycles. The molecular formula is C16H20F3NO3S. The highest BCUT2D eigenvalue weighted by Gasteiger charge is 2.51. The molecule has 1 aromatic carbocycles. The Bertz CT molecular complexity index is 688. The van der Waals surface area contributed by atoms with E-state index < -0.39 is 27.7 Å². The lowest BCUT2D eigenvalue weighted by Gasteiger charge is -2.37. The van der Waals surface area contributed by atoms with Crippen LogP contribution in [0.4, 0.5) is 13.2 Å². The van der Waals surface area contributed by atoms with Crippen molar-refractivity contribution in [2.45, 2.75) is 25.1 Å². The third kappa shape index (κ3) is 3.92. The zero-order chi connectivity index (χ0) is 17.6. The third-order valence-corrected chi connectivity index (χ3v) is 6.90. The Balaban J connectivity index is 1.50. The molecule has 0 aliphatic carbocycles.